The van der Waals surface area contributed by atoms with Crippen molar-refractivity contribution in [2.24, 2.45) is 0 Å². The van der Waals surface area contributed by atoms with Crippen molar-refractivity contribution in [3.63, 3.8) is 0 Å². The van der Waals surface area contributed by atoms with Crippen molar-refractivity contribution in [1.29, 1.82) is 0 Å². The first-order chi connectivity index (χ1) is 22.1. The average Bonchev–Trinajstić information content (AvgIpc) is 2.96. The van der Waals surface area contributed by atoms with Crippen LogP contribution in [0, 0.1) is 13.8 Å². The Balaban J connectivity index is 1.84. The molecule has 3 aromatic rings. The lowest BCUT2D eigenvalue weighted by Crippen LogP contribution is -2.40. The molecule has 0 fully saturated rings. The van der Waals surface area contributed by atoms with E-state index >= 15 is 0 Å². The van der Waals surface area contributed by atoms with Crippen molar-refractivity contribution in [2.45, 2.75) is 89.9 Å². The zero-order chi connectivity index (χ0) is 34.5. The van der Waals surface area contributed by atoms with Crippen LogP contribution in [0.25, 0.3) is 11.1 Å². The summed E-state index contributed by atoms with van der Waals surface area (Å²) in [6.07, 6.45) is 1.06. The van der Waals surface area contributed by atoms with Gasteiger partial charge in [0.1, 0.15) is 6.04 Å². The summed E-state index contributed by atoms with van der Waals surface area (Å²) in [5, 5.41) is 12.9. The predicted molar refractivity (Wildman–Crippen MR) is 178 cm³/mol. The number of pyridine rings is 1. The fourth-order valence-corrected chi connectivity index (χ4v) is 6.79. The van der Waals surface area contributed by atoms with Crippen LogP contribution in [0.3, 0.4) is 0 Å². The van der Waals surface area contributed by atoms with Crippen LogP contribution in [0.2, 0.25) is 5.02 Å². The molecule has 4 rings (SSSR count). The number of hydrogen-bond donors (Lipinski definition) is 2. The molecule has 2 aromatic carbocycles. The van der Waals surface area contributed by atoms with E-state index < -0.39 is 47.7 Å². The Morgan fingerprint density at radius 2 is 1.74 bits per heavy atom. The predicted octanol–water partition coefficient (Wildman–Crippen LogP) is 7.68. The van der Waals surface area contributed by atoms with E-state index in [2.05, 4.69) is 24.4 Å². The van der Waals surface area contributed by atoms with E-state index in [0.717, 1.165) is 65.1 Å². The second-order valence-corrected chi connectivity index (χ2v) is 13.2. The Morgan fingerprint density at radius 1 is 1.04 bits per heavy atom. The summed E-state index contributed by atoms with van der Waals surface area (Å²) in [6, 6.07) is 8.01. The van der Waals surface area contributed by atoms with Gasteiger partial charge in [0.25, 0.3) is 5.56 Å². The molecule has 11 heteroatoms. The van der Waals surface area contributed by atoms with Crippen molar-refractivity contribution in [1.82, 2.24) is 14.8 Å². The third-order valence-corrected chi connectivity index (χ3v) is 9.12. The minimum atomic E-state index is -4.74. The van der Waals surface area contributed by atoms with Gasteiger partial charge >= 0.3 is 12.1 Å². The largest absolute Gasteiger partial charge is 0.481 e. The first-order valence-electron chi connectivity index (χ1n) is 16.0. The molecule has 7 nitrogen and oxygen atoms in total. The molecule has 1 amide bonds. The van der Waals surface area contributed by atoms with Crippen LogP contribution in [0.15, 0.2) is 47.4 Å². The number of amides is 1. The SMILES string of the molecule is Cc1cc(C)c2c(c1)CCCCCCC[C@H](n1cc(CCN(C)C)c(C(F)(F)F)cc1=O)C(=O)N[C@@H](CC(=O)O)c1cc-2ccc1Cl. The highest BCUT2D eigenvalue weighted by molar-refractivity contribution is 6.31. The molecule has 47 heavy (non-hydrogen) atoms. The quantitative estimate of drug-likeness (QED) is 0.280. The number of hydrogen-bond acceptors (Lipinski definition) is 4. The molecule has 254 valence electrons. The van der Waals surface area contributed by atoms with Gasteiger partial charge in [0.05, 0.1) is 18.0 Å². The molecule has 2 bridgehead atoms. The number of carboxylic acids is 1. The van der Waals surface area contributed by atoms with Crippen LogP contribution < -0.4 is 10.9 Å². The zero-order valence-electron chi connectivity index (χ0n) is 27.3. The molecule has 0 unspecified atom stereocenters. The van der Waals surface area contributed by atoms with Crippen molar-refractivity contribution in [3.8, 4) is 11.1 Å². The van der Waals surface area contributed by atoms with Crippen LogP contribution in [0.1, 0.15) is 90.4 Å². The Labute approximate surface area is 278 Å². The maximum absolute atomic E-state index is 14.1. The number of alkyl halides is 3. The van der Waals surface area contributed by atoms with Crippen LogP contribution >= 0.6 is 11.6 Å². The Kier molecular flexibility index (Phi) is 12.0. The summed E-state index contributed by atoms with van der Waals surface area (Å²) in [7, 11) is 3.48. The van der Waals surface area contributed by atoms with Gasteiger partial charge in [-0.3, -0.25) is 14.4 Å². The van der Waals surface area contributed by atoms with Crippen molar-refractivity contribution in [3.05, 3.63) is 91.4 Å². The Morgan fingerprint density at radius 3 is 2.43 bits per heavy atom. The van der Waals surface area contributed by atoms with Gasteiger partial charge in [0.15, 0.2) is 0 Å². The summed E-state index contributed by atoms with van der Waals surface area (Å²) in [6.45, 7) is 4.39. The number of aryl methyl sites for hydroxylation is 3. The summed E-state index contributed by atoms with van der Waals surface area (Å²) < 4.78 is 43.0. The monoisotopic (exact) mass is 673 g/mol. The number of nitrogens with zero attached hydrogens (tertiary/aromatic N) is 2. The lowest BCUT2D eigenvalue weighted by Gasteiger charge is -2.26. The van der Waals surface area contributed by atoms with Gasteiger partial charge in [-0.25, -0.2) is 0 Å². The fraction of sp³-hybridized carbons (Fsp3) is 0.472. The van der Waals surface area contributed by atoms with Gasteiger partial charge in [-0.05, 0) is 99.1 Å². The number of nitrogens with one attached hydrogen (secondary N) is 1. The van der Waals surface area contributed by atoms with E-state index in [4.69, 9.17) is 11.6 Å². The molecule has 0 saturated carbocycles. The number of rotatable bonds is 6. The van der Waals surface area contributed by atoms with Gasteiger partial charge in [-0.15, -0.1) is 0 Å². The number of carbonyl (C=O) groups excluding carboxylic acids is 1. The molecule has 1 aliphatic heterocycles. The third-order valence-electron chi connectivity index (χ3n) is 8.78. The topological polar surface area (TPSA) is 91.6 Å². The smallest absolute Gasteiger partial charge is 0.416 e. The minimum Gasteiger partial charge on any atom is -0.481 e. The van der Waals surface area contributed by atoms with Crippen molar-refractivity contribution >= 4 is 23.5 Å². The number of aliphatic carboxylic acids is 1. The van der Waals surface area contributed by atoms with Crippen molar-refractivity contribution in [2.75, 3.05) is 20.6 Å². The summed E-state index contributed by atoms with van der Waals surface area (Å²) in [5.74, 6) is -1.83. The second kappa shape index (κ2) is 15.5. The van der Waals surface area contributed by atoms with E-state index in [-0.39, 0.29) is 23.4 Å². The molecule has 0 aliphatic carbocycles. The average molecular weight is 674 g/mol. The minimum absolute atomic E-state index is 0.0148. The lowest BCUT2D eigenvalue weighted by molar-refractivity contribution is -0.139. The molecule has 0 spiro atoms. The van der Waals surface area contributed by atoms with Crippen LogP contribution in [0.4, 0.5) is 13.2 Å². The number of likely N-dealkylation sites (N-methyl/N-ethyl adjacent to an activating group) is 1. The normalized spacial score (nSPS) is 18.1. The number of benzene rings is 2. The van der Waals surface area contributed by atoms with Gasteiger partial charge in [-0.1, -0.05) is 61.0 Å². The van der Waals surface area contributed by atoms with Gasteiger partial charge < -0.3 is 19.9 Å². The first kappa shape index (κ1) is 36.2. The first-order valence-corrected chi connectivity index (χ1v) is 16.4. The summed E-state index contributed by atoms with van der Waals surface area (Å²) >= 11 is 6.66. The lowest BCUT2D eigenvalue weighted by atomic mass is 9.88. The highest BCUT2D eigenvalue weighted by atomic mass is 35.5. The maximum Gasteiger partial charge on any atom is 0.416 e. The Bertz CT molecular complexity index is 1670. The number of fused-ring (bicyclic) bond motifs is 4. The van der Waals surface area contributed by atoms with Gasteiger partial charge in [0, 0.05) is 23.8 Å². The molecule has 2 heterocycles. The van der Waals surface area contributed by atoms with E-state index in [1.165, 1.54) is 5.56 Å². The maximum atomic E-state index is 14.1. The van der Waals surface area contributed by atoms with E-state index in [1.54, 1.807) is 25.1 Å². The van der Waals surface area contributed by atoms with E-state index in [9.17, 15) is 32.7 Å². The highest BCUT2D eigenvalue weighted by Gasteiger charge is 2.35. The highest BCUT2D eigenvalue weighted by Crippen LogP contribution is 2.36. The summed E-state index contributed by atoms with van der Waals surface area (Å²) in [4.78, 5) is 41.2. The molecular formula is C36H43ClF3N3O4. The number of carbonyl (C=O) groups is 2. The molecule has 1 aromatic heterocycles. The molecule has 1 aliphatic rings. The third kappa shape index (κ3) is 9.26. The number of aromatic nitrogens is 1. The van der Waals surface area contributed by atoms with Crippen molar-refractivity contribution < 1.29 is 27.9 Å². The second-order valence-electron chi connectivity index (χ2n) is 12.8. The fourth-order valence-electron chi connectivity index (χ4n) is 6.54. The van der Waals surface area contributed by atoms with Gasteiger partial charge in [0.2, 0.25) is 5.91 Å². The molecule has 0 radical (unpaired) electrons. The van der Waals surface area contributed by atoms with Gasteiger partial charge in [-0.2, -0.15) is 13.2 Å². The standard InChI is InChI=1S/C36H43ClF3N3O4/c1-22-16-23(2)34-24(17-22)10-8-6-5-7-9-11-31(35(47)41-30(20-33(45)46)27-18-25(34)12-13-29(27)37)43-21-26(14-15-42(3)4)28(19-32(43)44)36(38,39)40/h12-13,16-19,21,30-31H,5-11,14-15,20H2,1-4H3,(H,41,47)(H,45,46)/t30-,31-/m0/s1. The Hall–Kier alpha value is -3.63. The van der Waals surface area contributed by atoms with Crippen LogP contribution in [-0.2, 0) is 28.6 Å². The molecule has 2 N–H and O–H groups in total. The van der Waals surface area contributed by atoms with Crippen LogP contribution in [-0.4, -0.2) is 47.1 Å². The zero-order valence-corrected chi connectivity index (χ0v) is 28.1. The van der Waals surface area contributed by atoms with E-state index in [1.807, 2.05) is 19.1 Å². The molecular weight excluding hydrogens is 631 g/mol. The molecule has 0 saturated heterocycles. The van der Waals surface area contributed by atoms with E-state index in [0.29, 0.717) is 24.6 Å². The number of carboxylic acid groups (broad SMARTS) is 1. The van der Waals surface area contributed by atoms with Crippen LogP contribution in [0.5, 0.6) is 0 Å². The molecule has 2 atom stereocenters. The summed E-state index contributed by atoms with van der Waals surface area (Å²) in [5.41, 5.74) is 3.64. The number of halogens is 4.